The van der Waals surface area contributed by atoms with E-state index in [9.17, 15) is 0 Å². The van der Waals surface area contributed by atoms with Crippen molar-refractivity contribution in [2.24, 2.45) is 0 Å². The maximum Gasteiger partial charge on any atom is 0.0261 e. The Balaban J connectivity index is 2.19. The van der Waals surface area contributed by atoms with Crippen LogP contribution in [0.15, 0.2) is 54.3 Å². The number of rotatable bonds is 2. The van der Waals surface area contributed by atoms with E-state index in [0.717, 1.165) is 29.0 Å². The van der Waals surface area contributed by atoms with Gasteiger partial charge >= 0.3 is 0 Å². The number of benzene rings is 3. The van der Waals surface area contributed by atoms with Gasteiger partial charge in [-0.15, -0.1) is 0 Å². The third kappa shape index (κ3) is 3.89. The van der Waals surface area contributed by atoms with Crippen molar-refractivity contribution >= 4 is 63.7 Å². The predicted octanol–water partition coefficient (Wildman–Crippen LogP) is 9.30. The molecule has 134 valence electrons. The first-order valence-corrected chi connectivity index (χ1v) is 11.4. The van der Waals surface area contributed by atoms with E-state index >= 15 is 0 Å². The predicted molar refractivity (Wildman–Crippen MR) is 127 cm³/mol. The fourth-order valence-electron chi connectivity index (χ4n) is 2.93. The van der Waals surface area contributed by atoms with Crippen LogP contribution in [0.25, 0.3) is 22.3 Å². The minimum atomic E-state index is 1.07. The minimum absolute atomic E-state index is 1.07. The van der Waals surface area contributed by atoms with Crippen LogP contribution in [0.4, 0.5) is 0 Å². The Labute approximate surface area is 188 Å². The van der Waals surface area contributed by atoms with Crippen molar-refractivity contribution in [1.82, 2.24) is 0 Å². The second-order valence-corrected chi connectivity index (χ2v) is 10.1. The molecule has 0 spiro atoms. The van der Waals surface area contributed by atoms with Crippen LogP contribution in [-0.4, -0.2) is 0 Å². The molecule has 0 N–H and O–H groups in total. The van der Waals surface area contributed by atoms with E-state index in [0.29, 0.717) is 0 Å². The first-order chi connectivity index (χ1) is 12.2. The highest BCUT2D eigenvalue weighted by molar-refractivity contribution is 9.11. The summed E-state index contributed by atoms with van der Waals surface area (Å²) in [7, 11) is 0. The maximum atomic E-state index is 3.79. The van der Waals surface area contributed by atoms with Crippen LogP contribution in [0, 0.1) is 27.7 Å². The molecule has 3 rings (SSSR count). The van der Waals surface area contributed by atoms with Gasteiger partial charge in [-0.1, -0.05) is 75.9 Å². The van der Waals surface area contributed by atoms with Crippen molar-refractivity contribution in [2.75, 3.05) is 0 Å². The second kappa shape index (κ2) is 7.90. The van der Waals surface area contributed by atoms with Crippen molar-refractivity contribution < 1.29 is 0 Å². The van der Waals surface area contributed by atoms with E-state index in [1.165, 1.54) is 33.4 Å². The summed E-state index contributed by atoms with van der Waals surface area (Å²) in [6.07, 6.45) is 0. The minimum Gasteiger partial charge on any atom is -0.0501 e. The molecule has 0 nitrogen and oxygen atoms in total. The molecule has 0 amide bonds. The van der Waals surface area contributed by atoms with E-state index in [4.69, 9.17) is 0 Å². The van der Waals surface area contributed by atoms with E-state index < -0.39 is 0 Å². The van der Waals surface area contributed by atoms with Crippen molar-refractivity contribution in [3.8, 4) is 22.3 Å². The molecule has 3 aromatic carbocycles. The third-order valence-electron chi connectivity index (χ3n) is 4.80. The first-order valence-electron chi connectivity index (χ1n) is 8.22. The summed E-state index contributed by atoms with van der Waals surface area (Å²) < 4.78 is 4.36. The van der Waals surface area contributed by atoms with Crippen LogP contribution in [0.3, 0.4) is 0 Å². The largest absolute Gasteiger partial charge is 0.0501 e. The van der Waals surface area contributed by atoms with Crippen molar-refractivity contribution in [3.05, 3.63) is 76.5 Å². The maximum absolute atomic E-state index is 3.79. The van der Waals surface area contributed by atoms with Crippen LogP contribution in [-0.2, 0) is 0 Å². The number of hydrogen-bond acceptors (Lipinski definition) is 0. The van der Waals surface area contributed by atoms with Crippen LogP contribution in [0.2, 0.25) is 0 Å². The molecular weight excluding hydrogens is 584 g/mol. The van der Waals surface area contributed by atoms with Crippen LogP contribution in [0.1, 0.15) is 22.3 Å². The molecule has 0 aliphatic carbocycles. The summed E-state index contributed by atoms with van der Waals surface area (Å²) in [6, 6.07) is 13.2. The van der Waals surface area contributed by atoms with E-state index in [2.05, 4.69) is 128 Å². The highest BCUT2D eigenvalue weighted by atomic mass is 79.9. The Kier molecular flexibility index (Phi) is 6.18. The molecule has 0 unspecified atom stereocenters. The van der Waals surface area contributed by atoms with E-state index in [-0.39, 0.29) is 0 Å². The van der Waals surface area contributed by atoms with Gasteiger partial charge in [0.15, 0.2) is 0 Å². The molecule has 0 bridgehead atoms. The lowest BCUT2D eigenvalue weighted by atomic mass is 9.96. The number of hydrogen-bond donors (Lipinski definition) is 0. The first kappa shape index (κ1) is 20.3. The van der Waals surface area contributed by atoms with Crippen molar-refractivity contribution in [3.63, 3.8) is 0 Å². The summed E-state index contributed by atoms with van der Waals surface area (Å²) >= 11 is 15.0. The normalized spacial score (nSPS) is 11.1. The smallest absolute Gasteiger partial charge is 0.0261 e. The average molecular weight is 602 g/mol. The molecule has 0 heterocycles. The molecule has 0 saturated heterocycles. The van der Waals surface area contributed by atoms with Gasteiger partial charge in [0.25, 0.3) is 0 Å². The lowest BCUT2D eigenvalue weighted by molar-refractivity contribution is 1.32. The molecule has 4 heteroatoms. The van der Waals surface area contributed by atoms with Gasteiger partial charge in [-0.25, -0.2) is 0 Å². The van der Waals surface area contributed by atoms with Crippen LogP contribution < -0.4 is 0 Å². The molecule has 0 radical (unpaired) electrons. The number of halogens is 4. The summed E-state index contributed by atoms with van der Waals surface area (Å²) in [5.74, 6) is 0. The van der Waals surface area contributed by atoms with Gasteiger partial charge in [0.2, 0.25) is 0 Å². The van der Waals surface area contributed by atoms with E-state index in [1.54, 1.807) is 0 Å². The summed E-state index contributed by atoms with van der Waals surface area (Å²) in [6.45, 7) is 8.56. The van der Waals surface area contributed by atoms with Crippen LogP contribution >= 0.6 is 63.7 Å². The van der Waals surface area contributed by atoms with Gasteiger partial charge in [-0.05, 0) is 96.5 Å². The molecule has 0 aromatic heterocycles. The van der Waals surface area contributed by atoms with Gasteiger partial charge in [0.1, 0.15) is 0 Å². The summed E-state index contributed by atoms with van der Waals surface area (Å²) in [4.78, 5) is 0. The topological polar surface area (TPSA) is 0 Å². The lowest BCUT2D eigenvalue weighted by Gasteiger charge is -2.15. The Morgan fingerprint density at radius 2 is 0.615 bits per heavy atom. The van der Waals surface area contributed by atoms with Crippen molar-refractivity contribution in [2.45, 2.75) is 27.7 Å². The zero-order valence-corrected chi connectivity index (χ0v) is 21.3. The van der Waals surface area contributed by atoms with Gasteiger partial charge in [0, 0.05) is 17.9 Å². The molecule has 0 atom stereocenters. The van der Waals surface area contributed by atoms with E-state index in [1.807, 2.05) is 0 Å². The average Bonchev–Trinajstić information content (AvgIpc) is 2.56. The molecule has 3 aromatic rings. The van der Waals surface area contributed by atoms with Crippen LogP contribution in [0.5, 0.6) is 0 Å². The molecule has 0 fully saturated rings. The quantitative estimate of drug-likeness (QED) is 0.275. The van der Waals surface area contributed by atoms with Gasteiger partial charge in [-0.3, -0.25) is 0 Å². The monoisotopic (exact) mass is 598 g/mol. The van der Waals surface area contributed by atoms with Crippen molar-refractivity contribution in [1.29, 1.82) is 0 Å². The fourth-order valence-corrected chi connectivity index (χ4v) is 5.39. The molecule has 0 aliphatic heterocycles. The molecular formula is C22H18Br4. The third-order valence-corrected chi connectivity index (χ3v) is 7.43. The van der Waals surface area contributed by atoms with Gasteiger partial charge in [0.05, 0.1) is 0 Å². The summed E-state index contributed by atoms with van der Waals surface area (Å²) in [5.41, 5.74) is 9.83. The highest BCUT2D eigenvalue weighted by Gasteiger charge is 2.15. The number of aryl methyl sites for hydroxylation is 4. The van der Waals surface area contributed by atoms with Gasteiger partial charge in [-0.2, -0.15) is 0 Å². The second-order valence-electron chi connectivity index (χ2n) is 6.64. The molecule has 0 saturated carbocycles. The Morgan fingerprint density at radius 3 is 0.962 bits per heavy atom. The zero-order chi connectivity index (χ0) is 19.2. The lowest BCUT2D eigenvalue weighted by Crippen LogP contribution is -1.91. The Hall–Kier alpha value is -0.420. The summed E-state index contributed by atoms with van der Waals surface area (Å²) in [5, 5.41) is 0. The molecule has 0 aliphatic rings. The fraction of sp³-hybridized carbons (Fsp3) is 0.182. The standard InChI is InChI=1S/C22H18Br4/c1-11-5-15(19(23)7-13(11)3)17-9-22(26)18(10-21(17)25)16-6-12(2)14(4)8-20(16)24/h5-10H,1-4H3. The Morgan fingerprint density at radius 1 is 0.385 bits per heavy atom. The Bertz CT molecular complexity index is 936. The molecule has 26 heavy (non-hydrogen) atoms. The highest BCUT2D eigenvalue weighted by Crippen LogP contribution is 2.43. The SMILES string of the molecule is Cc1cc(Br)c(-c2cc(Br)c(-c3cc(C)c(C)cc3Br)cc2Br)cc1C. The van der Waals surface area contributed by atoms with Gasteiger partial charge < -0.3 is 0 Å². The zero-order valence-electron chi connectivity index (χ0n) is 15.0.